The van der Waals surface area contributed by atoms with Crippen LogP contribution in [-0.4, -0.2) is 60.6 Å². The van der Waals surface area contributed by atoms with Gasteiger partial charge in [0, 0.05) is 26.1 Å². The molecule has 2 atom stereocenters. The third-order valence-corrected chi connectivity index (χ3v) is 5.41. The number of carbonyl (C=O) groups excluding carboxylic acids is 2. The summed E-state index contributed by atoms with van der Waals surface area (Å²) < 4.78 is 5.84. The van der Waals surface area contributed by atoms with Crippen LogP contribution >= 0.6 is 0 Å². The van der Waals surface area contributed by atoms with E-state index in [2.05, 4.69) is 10.2 Å². The van der Waals surface area contributed by atoms with Gasteiger partial charge in [-0.3, -0.25) is 14.6 Å². The molecule has 136 valence electrons. The molecule has 0 spiro atoms. The van der Waals surface area contributed by atoms with Gasteiger partial charge in [0.15, 0.2) is 0 Å². The Morgan fingerprint density at radius 3 is 2.84 bits per heavy atom. The summed E-state index contributed by atoms with van der Waals surface area (Å²) in [5.41, 5.74) is 0.394. The molecule has 0 bridgehead atoms. The lowest BCUT2D eigenvalue weighted by atomic mass is 9.80. The number of benzene rings is 1. The van der Waals surface area contributed by atoms with Crippen LogP contribution in [0.15, 0.2) is 24.3 Å². The first-order valence-corrected chi connectivity index (χ1v) is 8.92. The van der Waals surface area contributed by atoms with Crippen molar-refractivity contribution in [3.05, 3.63) is 29.8 Å². The highest BCUT2D eigenvalue weighted by atomic mass is 16.5. The van der Waals surface area contributed by atoms with E-state index in [4.69, 9.17) is 4.74 Å². The third kappa shape index (κ3) is 3.63. The zero-order valence-electron chi connectivity index (χ0n) is 15.2. The maximum absolute atomic E-state index is 12.5. The van der Waals surface area contributed by atoms with Gasteiger partial charge in [-0.25, -0.2) is 4.79 Å². The van der Waals surface area contributed by atoms with Crippen molar-refractivity contribution < 1.29 is 14.3 Å². The lowest BCUT2D eigenvalue weighted by molar-refractivity contribution is -0.132. The summed E-state index contributed by atoms with van der Waals surface area (Å²) in [6.45, 7) is 7.14. The molecule has 0 radical (unpaired) electrons. The van der Waals surface area contributed by atoms with Crippen molar-refractivity contribution in [2.24, 2.45) is 5.92 Å². The van der Waals surface area contributed by atoms with Crippen LogP contribution in [0.4, 0.5) is 4.79 Å². The van der Waals surface area contributed by atoms with Crippen LogP contribution in [0, 0.1) is 12.8 Å². The summed E-state index contributed by atoms with van der Waals surface area (Å²) in [5.74, 6) is 0.891. The second kappa shape index (κ2) is 7.04. The largest absolute Gasteiger partial charge is 0.492 e. The van der Waals surface area contributed by atoms with Crippen LogP contribution in [0.25, 0.3) is 0 Å². The van der Waals surface area contributed by atoms with Crippen molar-refractivity contribution in [3.8, 4) is 5.75 Å². The number of ether oxygens (including phenoxy) is 1. The maximum Gasteiger partial charge on any atom is 0.324 e. The number of piperidine rings is 1. The average molecular weight is 345 g/mol. The summed E-state index contributed by atoms with van der Waals surface area (Å²) in [5, 5.41) is 2.89. The predicted octanol–water partition coefficient (Wildman–Crippen LogP) is 2.03. The van der Waals surface area contributed by atoms with E-state index >= 15 is 0 Å². The van der Waals surface area contributed by atoms with E-state index in [9.17, 15) is 9.59 Å². The minimum Gasteiger partial charge on any atom is -0.492 e. The molecule has 0 aromatic heterocycles. The van der Waals surface area contributed by atoms with E-state index in [1.54, 1.807) is 7.05 Å². The van der Waals surface area contributed by atoms with Crippen molar-refractivity contribution in [2.75, 3.05) is 33.3 Å². The van der Waals surface area contributed by atoms with Gasteiger partial charge in [0.05, 0.1) is 0 Å². The zero-order valence-corrected chi connectivity index (χ0v) is 15.2. The van der Waals surface area contributed by atoms with Gasteiger partial charge in [-0.1, -0.05) is 12.1 Å². The number of carbonyl (C=O) groups is 2. The molecular weight excluding hydrogens is 318 g/mol. The predicted molar refractivity (Wildman–Crippen MR) is 95.5 cm³/mol. The minimum absolute atomic E-state index is 0.125. The maximum atomic E-state index is 12.5. The molecule has 1 aromatic rings. The normalized spacial score (nSPS) is 27.5. The van der Waals surface area contributed by atoms with Gasteiger partial charge in [-0.15, -0.1) is 0 Å². The van der Waals surface area contributed by atoms with Crippen molar-refractivity contribution in [1.82, 2.24) is 15.1 Å². The number of hydrogen-bond acceptors (Lipinski definition) is 4. The molecule has 0 aliphatic carbocycles. The van der Waals surface area contributed by atoms with Crippen LogP contribution in [0.5, 0.6) is 5.75 Å². The molecule has 25 heavy (non-hydrogen) atoms. The topological polar surface area (TPSA) is 61.9 Å². The lowest BCUT2D eigenvalue weighted by Gasteiger charge is -2.39. The molecule has 2 saturated heterocycles. The molecule has 6 nitrogen and oxygen atoms in total. The molecule has 2 aliphatic rings. The summed E-state index contributed by atoms with van der Waals surface area (Å²) in [6.07, 6.45) is 1.98. The number of likely N-dealkylation sites (tertiary alicyclic amines) is 1. The molecule has 2 fully saturated rings. The van der Waals surface area contributed by atoms with Gasteiger partial charge in [0.1, 0.15) is 17.9 Å². The van der Waals surface area contributed by atoms with Crippen molar-refractivity contribution in [3.63, 3.8) is 0 Å². The molecule has 1 N–H and O–H groups in total. The first kappa shape index (κ1) is 17.7. The Hall–Kier alpha value is -2.08. The van der Waals surface area contributed by atoms with Crippen molar-refractivity contribution in [2.45, 2.75) is 32.2 Å². The van der Waals surface area contributed by atoms with Crippen molar-refractivity contribution in [1.29, 1.82) is 0 Å². The van der Waals surface area contributed by atoms with Gasteiger partial charge >= 0.3 is 6.03 Å². The molecule has 0 saturated carbocycles. The SMILES string of the molecule is Cc1cccc(OCCN2CCC[C@@H]([C@]3(C)NC(=O)N(C)C3=O)C2)c1. The number of nitrogens with zero attached hydrogens (tertiary/aromatic N) is 2. The number of amides is 3. The number of likely N-dealkylation sites (N-methyl/N-ethyl adjacent to an activating group) is 1. The smallest absolute Gasteiger partial charge is 0.324 e. The van der Waals surface area contributed by atoms with Crippen LogP contribution in [0.3, 0.4) is 0 Å². The van der Waals surface area contributed by atoms with Gasteiger partial charge in [-0.2, -0.15) is 0 Å². The monoisotopic (exact) mass is 345 g/mol. The Balaban J connectivity index is 1.55. The highest BCUT2D eigenvalue weighted by Crippen LogP contribution is 2.31. The molecular formula is C19H27N3O3. The second-order valence-corrected chi connectivity index (χ2v) is 7.30. The molecule has 3 rings (SSSR count). The Kier molecular flexibility index (Phi) is 4.99. The first-order valence-electron chi connectivity index (χ1n) is 8.92. The minimum atomic E-state index is -0.790. The molecule has 0 unspecified atom stereocenters. The van der Waals surface area contributed by atoms with E-state index < -0.39 is 5.54 Å². The van der Waals surface area contributed by atoms with Crippen LogP contribution in [0.2, 0.25) is 0 Å². The van der Waals surface area contributed by atoms with Crippen LogP contribution in [0.1, 0.15) is 25.3 Å². The summed E-state index contributed by atoms with van der Waals surface area (Å²) >= 11 is 0. The second-order valence-electron chi connectivity index (χ2n) is 7.30. The van der Waals surface area contributed by atoms with E-state index in [-0.39, 0.29) is 17.9 Å². The first-order chi connectivity index (χ1) is 11.9. The Morgan fingerprint density at radius 2 is 2.16 bits per heavy atom. The summed E-state index contributed by atoms with van der Waals surface area (Å²) in [4.78, 5) is 27.8. The van der Waals surface area contributed by atoms with E-state index in [0.29, 0.717) is 6.61 Å². The lowest BCUT2D eigenvalue weighted by Crippen LogP contribution is -2.56. The highest BCUT2D eigenvalue weighted by molar-refractivity contribution is 6.06. The molecule has 3 amide bonds. The Morgan fingerprint density at radius 1 is 1.36 bits per heavy atom. The Labute approximate surface area is 149 Å². The number of imide groups is 1. The number of hydrogen-bond donors (Lipinski definition) is 1. The van der Waals surface area contributed by atoms with Crippen LogP contribution in [-0.2, 0) is 4.79 Å². The standard InChI is InChI=1S/C19H27N3O3/c1-14-6-4-8-16(12-14)25-11-10-22-9-5-7-15(13-22)19(2)17(23)21(3)18(24)20-19/h4,6,8,12,15H,5,7,9-11,13H2,1-3H3,(H,20,24)/t15-,19+/m1/s1. The van der Waals surface area contributed by atoms with E-state index in [1.807, 2.05) is 38.1 Å². The quantitative estimate of drug-likeness (QED) is 0.830. The van der Waals surface area contributed by atoms with Crippen molar-refractivity contribution >= 4 is 11.9 Å². The fourth-order valence-electron chi connectivity index (χ4n) is 3.80. The number of urea groups is 1. The molecule has 6 heteroatoms. The number of nitrogens with one attached hydrogen (secondary N) is 1. The van der Waals surface area contributed by atoms with Gasteiger partial charge in [-0.05, 0) is 50.9 Å². The van der Waals surface area contributed by atoms with Crippen LogP contribution < -0.4 is 10.1 Å². The zero-order chi connectivity index (χ0) is 18.0. The van der Waals surface area contributed by atoms with Gasteiger partial charge in [0.2, 0.25) is 0 Å². The number of rotatable bonds is 5. The summed E-state index contributed by atoms with van der Waals surface area (Å²) in [6, 6.07) is 7.74. The third-order valence-electron chi connectivity index (χ3n) is 5.41. The average Bonchev–Trinajstić information content (AvgIpc) is 2.79. The molecule has 2 aliphatic heterocycles. The van der Waals surface area contributed by atoms with E-state index in [1.165, 1.54) is 10.5 Å². The summed E-state index contributed by atoms with van der Waals surface area (Å²) in [7, 11) is 1.54. The van der Waals surface area contributed by atoms with E-state index in [0.717, 1.165) is 38.2 Å². The molecule has 1 aromatic carbocycles. The fourth-order valence-corrected chi connectivity index (χ4v) is 3.80. The number of aryl methyl sites for hydroxylation is 1. The molecule has 2 heterocycles. The Bertz CT molecular complexity index is 663. The van der Waals surface area contributed by atoms with Gasteiger partial charge < -0.3 is 10.1 Å². The fraction of sp³-hybridized carbons (Fsp3) is 0.579. The van der Waals surface area contributed by atoms with Gasteiger partial charge in [0.25, 0.3) is 5.91 Å². The highest BCUT2D eigenvalue weighted by Gasteiger charge is 2.51.